The summed E-state index contributed by atoms with van der Waals surface area (Å²) in [5.74, 6) is 1.60. The Morgan fingerprint density at radius 1 is 0.935 bits per heavy atom. The molecule has 0 saturated carbocycles. The van der Waals surface area contributed by atoms with Gasteiger partial charge in [-0.25, -0.2) is 9.38 Å². The summed E-state index contributed by atoms with van der Waals surface area (Å²) < 4.78 is 19.4. The molecule has 1 amide bonds. The Labute approximate surface area is 180 Å². The zero-order valence-electron chi connectivity index (χ0n) is 17.0. The van der Waals surface area contributed by atoms with Crippen LogP contribution in [-0.2, 0) is 0 Å². The number of anilines is 1. The minimum Gasteiger partial charge on any atom is -0.454 e. The number of carbonyl (C=O) groups is 1. The van der Waals surface area contributed by atoms with Gasteiger partial charge in [-0.1, -0.05) is 12.1 Å². The van der Waals surface area contributed by atoms with Gasteiger partial charge in [-0.15, -0.1) is 0 Å². The van der Waals surface area contributed by atoms with E-state index in [9.17, 15) is 9.18 Å². The van der Waals surface area contributed by atoms with Crippen LogP contribution < -0.4 is 10.1 Å². The zero-order chi connectivity index (χ0) is 21.2. The molecule has 0 atom stereocenters. The van der Waals surface area contributed by atoms with Crippen LogP contribution in [0.15, 0.2) is 71.7 Å². The van der Waals surface area contributed by atoms with E-state index in [0.717, 1.165) is 43.0 Å². The molecule has 156 valence electrons. The van der Waals surface area contributed by atoms with Gasteiger partial charge in [0.15, 0.2) is 5.75 Å². The van der Waals surface area contributed by atoms with Crippen molar-refractivity contribution in [2.24, 2.45) is 4.99 Å². The van der Waals surface area contributed by atoms with Gasteiger partial charge >= 0.3 is 0 Å². The highest BCUT2D eigenvalue weighted by Crippen LogP contribution is 2.39. The van der Waals surface area contributed by atoms with Gasteiger partial charge in [0.1, 0.15) is 23.1 Å². The Morgan fingerprint density at radius 3 is 2.52 bits per heavy atom. The van der Waals surface area contributed by atoms with Crippen LogP contribution in [0.1, 0.15) is 35.2 Å². The maximum Gasteiger partial charge on any atom is 0.255 e. The second kappa shape index (κ2) is 8.22. The summed E-state index contributed by atoms with van der Waals surface area (Å²) in [4.78, 5) is 19.9. The van der Waals surface area contributed by atoms with Crippen molar-refractivity contribution in [3.05, 3.63) is 83.7 Å². The fraction of sp³-hybridized carbons (Fsp3) is 0.200. The van der Waals surface area contributed by atoms with E-state index < -0.39 is 0 Å². The number of hydrogen-bond acceptors (Lipinski definition) is 4. The van der Waals surface area contributed by atoms with E-state index in [-0.39, 0.29) is 11.7 Å². The normalized spacial score (nSPS) is 15.1. The molecule has 5 nitrogen and oxygen atoms in total. The lowest BCUT2D eigenvalue weighted by Gasteiger charge is -2.30. The molecular weight excluding hydrogens is 393 g/mol. The van der Waals surface area contributed by atoms with E-state index in [4.69, 9.17) is 9.73 Å². The molecule has 31 heavy (non-hydrogen) atoms. The number of hydrogen-bond donors (Lipinski definition) is 1. The highest BCUT2D eigenvalue weighted by Gasteiger charge is 2.24. The first kappa shape index (κ1) is 19.3. The number of aliphatic imine (C=N–C) groups is 1. The number of carbonyl (C=O) groups excluding carboxylic acids is 1. The van der Waals surface area contributed by atoms with Crippen molar-refractivity contribution < 1.29 is 13.9 Å². The standard InChI is InChI=1S/C25H22FN3O2/c26-18-10-8-17(9-11-18)25(30)27-19-12-13-22-20(16-19)24(29-14-4-1-5-15-29)28-21-6-2-3-7-23(21)31-22/h2-3,6-13,16H,1,4-5,14-15H2,(H,27,30). The lowest BCUT2D eigenvalue weighted by atomic mass is 10.1. The fourth-order valence-corrected chi connectivity index (χ4v) is 3.95. The first-order valence-electron chi connectivity index (χ1n) is 10.5. The van der Waals surface area contributed by atoms with Crippen molar-refractivity contribution >= 4 is 23.1 Å². The van der Waals surface area contributed by atoms with Gasteiger partial charge in [0.05, 0.1) is 5.56 Å². The predicted octanol–water partition coefficient (Wildman–Crippen LogP) is 5.75. The number of likely N-dealkylation sites (tertiary alicyclic amines) is 1. The lowest BCUT2D eigenvalue weighted by Crippen LogP contribution is -2.36. The van der Waals surface area contributed by atoms with Crippen LogP contribution in [0.5, 0.6) is 11.5 Å². The van der Waals surface area contributed by atoms with E-state index in [2.05, 4.69) is 10.2 Å². The summed E-state index contributed by atoms with van der Waals surface area (Å²) >= 11 is 0. The smallest absolute Gasteiger partial charge is 0.255 e. The van der Waals surface area contributed by atoms with Crippen LogP contribution in [0.4, 0.5) is 15.8 Å². The third kappa shape index (κ3) is 4.01. The molecule has 2 aliphatic heterocycles. The molecule has 1 saturated heterocycles. The third-order valence-corrected chi connectivity index (χ3v) is 5.55. The molecule has 1 fully saturated rings. The predicted molar refractivity (Wildman–Crippen MR) is 119 cm³/mol. The molecular formula is C25H22FN3O2. The second-order valence-corrected chi connectivity index (χ2v) is 7.72. The summed E-state index contributed by atoms with van der Waals surface area (Å²) in [6, 6.07) is 18.8. The average molecular weight is 415 g/mol. The monoisotopic (exact) mass is 415 g/mol. The first-order chi connectivity index (χ1) is 15.2. The van der Waals surface area contributed by atoms with E-state index >= 15 is 0 Å². The fourth-order valence-electron chi connectivity index (χ4n) is 3.95. The van der Waals surface area contributed by atoms with Gasteiger partial charge in [0.2, 0.25) is 0 Å². The van der Waals surface area contributed by atoms with Crippen molar-refractivity contribution in [2.75, 3.05) is 18.4 Å². The SMILES string of the molecule is O=C(Nc1ccc2c(c1)C(N1CCCCC1)=Nc1ccccc1O2)c1ccc(F)cc1. The van der Waals surface area contributed by atoms with Gasteiger partial charge in [-0.05, 0) is 73.9 Å². The Balaban J connectivity index is 1.51. The van der Waals surface area contributed by atoms with Crippen LogP contribution in [-0.4, -0.2) is 29.7 Å². The number of piperidine rings is 1. The Morgan fingerprint density at radius 2 is 1.71 bits per heavy atom. The first-order valence-corrected chi connectivity index (χ1v) is 10.5. The molecule has 0 aliphatic carbocycles. The van der Waals surface area contributed by atoms with E-state index in [1.807, 2.05) is 42.5 Å². The number of fused-ring (bicyclic) bond motifs is 2. The largest absolute Gasteiger partial charge is 0.454 e. The molecule has 5 rings (SSSR count). The Hall–Kier alpha value is -3.67. The van der Waals surface area contributed by atoms with Crippen LogP contribution >= 0.6 is 0 Å². The molecule has 6 heteroatoms. The summed E-state index contributed by atoms with van der Waals surface area (Å²) in [7, 11) is 0. The van der Waals surface area contributed by atoms with E-state index in [1.165, 1.54) is 30.7 Å². The Bertz CT molecular complexity index is 1150. The van der Waals surface area contributed by atoms with Crippen molar-refractivity contribution in [3.8, 4) is 11.5 Å². The van der Waals surface area contributed by atoms with Crippen LogP contribution in [0.3, 0.4) is 0 Å². The van der Waals surface area contributed by atoms with Gasteiger partial charge in [-0.3, -0.25) is 4.79 Å². The number of amidine groups is 1. The number of nitrogens with one attached hydrogen (secondary N) is 1. The lowest BCUT2D eigenvalue weighted by molar-refractivity contribution is 0.102. The number of halogens is 1. The van der Waals surface area contributed by atoms with Gasteiger partial charge < -0.3 is 15.0 Å². The number of amides is 1. The molecule has 2 aliphatic rings. The minimum absolute atomic E-state index is 0.297. The molecule has 0 spiro atoms. The topological polar surface area (TPSA) is 53.9 Å². The highest BCUT2D eigenvalue weighted by atomic mass is 19.1. The molecule has 2 heterocycles. The molecule has 0 aromatic heterocycles. The minimum atomic E-state index is -0.374. The number of para-hydroxylation sites is 2. The van der Waals surface area contributed by atoms with Crippen LogP contribution in [0, 0.1) is 5.82 Å². The summed E-state index contributed by atoms with van der Waals surface area (Å²) in [6.45, 7) is 1.87. The van der Waals surface area contributed by atoms with Crippen LogP contribution in [0.2, 0.25) is 0 Å². The zero-order valence-corrected chi connectivity index (χ0v) is 17.0. The van der Waals surface area contributed by atoms with Crippen LogP contribution in [0.25, 0.3) is 0 Å². The summed E-state index contributed by atoms with van der Waals surface area (Å²) in [5, 5.41) is 2.90. The van der Waals surface area contributed by atoms with Gasteiger partial charge in [0, 0.05) is 24.3 Å². The van der Waals surface area contributed by atoms with E-state index in [1.54, 1.807) is 0 Å². The Kier molecular flexibility index (Phi) is 5.12. The number of rotatable bonds is 2. The third-order valence-electron chi connectivity index (χ3n) is 5.55. The summed E-state index contributed by atoms with van der Waals surface area (Å²) in [6.07, 6.45) is 3.47. The average Bonchev–Trinajstić information content (AvgIpc) is 2.96. The van der Waals surface area contributed by atoms with Gasteiger partial charge in [0.25, 0.3) is 5.91 Å². The van der Waals surface area contributed by atoms with Crippen molar-refractivity contribution in [3.63, 3.8) is 0 Å². The maximum absolute atomic E-state index is 13.2. The second-order valence-electron chi connectivity index (χ2n) is 7.72. The molecule has 1 N–H and O–H groups in total. The van der Waals surface area contributed by atoms with Crippen molar-refractivity contribution in [2.45, 2.75) is 19.3 Å². The van der Waals surface area contributed by atoms with E-state index in [0.29, 0.717) is 22.7 Å². The molecule has 3 aromatic rings. The van der Waals surface area contributed by atoms with Crippen molar-refractivity contribution in [1.82, 2.24) is 4.90 Å². The van der Waals surface area contributed by atoms with Crippen molar-refractivity contribution in [1.29, 1.82) is 0 Å². The molecule has 0 bridgehead atoms. The quantitative estimate of drug-likeness (QED) is 0.580. The number of benzene rings is 3. The molecule has 0 radical (unpaired) electrons. The van der Waals surface area contributed by atoms with Gasteiger partial charge in [-0.2, -0.15) is 0 Å². The molecule has 0 unspecified atom stereocenters. The maximum atomic E-state index is 13.2. The number of nitrogens with zero attached hydrogens (tertiary/aromatic N) is 2. The summed E-state index contributed by atoms with van der Waals surface area (Å²) in [5.41, 5.74) is 2.66. The molecule has 3 aromatic carbocycles. The number of ether oxygens (including phenoxy) is 1. The highest BCUT2D eigenvalue weighted by molar-refractivity contribution is 6.07.